The van der Waals surface area contributed by atoms with E-state index in [-0.39, 0.29) is 11.6 Å². The SMILES string of the molecule is COc1cccc(OC[C@H]2CCCN(C(=O)c3ncc(F)cc3F)C2)c1. The zero-order valence-corrected chi connectivity index (χ0v) is 14.5. The van der Waals surface area contributed by atoms with Crippen molar-refractivity contribution in [3.8, 4) is 11.5 Å². The van der Waals surface area contributed by atoms with Gasteiger partial charge in [0, 0.05) is 31.1 Å². The van der Waals surface area contributed by atoms with E-state index >= 15 is 0 Å². The molecule has 2 heterocycles. The molecule has 0 spiro atoms. The maximum absolute atomic E-state index is 13.8. The minimum Gasteiger partial charge on any atom is -0.497 e. The van der Waals surface area contributed by atoms with Crippen LogP contribution in [-0.2, 0) is 0 Å². The second-order valence-corrected chi connectivity index (χ2v) is 6.23. The summed E-state index contributed by atoms with van der Waals surface area (Å²) < 4.78 is 37.8. The Labute approximate surface area is 150 Å². The van der Waals surface area contributed by atoms with E-state index in [0.29, 0.717) is 37.3 Å². The molecule has 0 unspecified atom stereocenters. The molecule has 1 saturated heterocycles. The molecule has 1 aromatic carbocycles. The third-order valence-corrected chi connectivity index (χ3v) is 4.34. The highest BCUT2D eigenvalue weighted by Gasteiger charge is 2.27. The van der Waals surface area contributed by atoms with Gasteiger partial charge in [-0.2, -0.15) is 0 Å². The fourth-order valence-electron chi connectivity index (χ4n) is 3.01. The molecule has 3 rings (SSSR count). The highest BCUT2D eigenvalue weighted by atomic mass is 19.1. The van der Waals surface area contributed by atoms with Gasteiger partial charge in [-0.1, -0.05) is 6.07 Å². The normalized spacial score (nSPS) is 17.0. The monoisotopic (exact) mass is 362 g/mol. The summed E-state index contributed by atoms with van der Waals surface area (Å²) in [6, 6.07) is 7.98. The zero-order valence-electron chi connectivity index (χ0n) is 14.5. The second kappa shape index (κ2) is 8.12. The number of aromatic nitrogens is 1. The largest absolute Gasteiger partial charge is 0.497 e. The van der Waals surface area contributed by atoms with E-state index in [9.17, 15) is 13.6 Å². The molecule has 1 aromatic heterocycles. The summed E-state index contributed by atoms with van der Waals surface area (Å²) in [6.07, 6.45) is 2.55. The number of rotatable bonds is 5. The van der Waals surface area contributed by atoms with Gasteiger partial charge in [-0.15, -0.1) is 0 Å². The molecular weight excluding hydrogens is 342 g/mol. The number of ether oxygens (including phenoxy) is 2. The van der Waals surface area contributed by atoms with Gasteiger partial charge in [0.1, 0.15) is 17.3 Å². The maximum atomic E-state index is 13.8. The number of methoxy groups -OCH3 is 1. The van der Waals surface area contributed by atoms with Crippen molar-refractivity contribution >= 4 is 5.91 Å². The van der Waals surface area contributed by atoms with Crippen molar-refractivity contribution < 1.29 is 23.0 Å². The van der Waals surface area contributed by atoms with Crippen molar-refractivity contribution in [1.82, 2.24) is 9.88 Å². The molecule has 1 atom stereocenters. The van der Waals surface area contributed by atoms with Crippen LogP contribution >= 0.6 is 0 Å². The first kappa shape index (κ1) is 18.1. The lowest BCUT2D eigenvalue weighted by atomic mass is 9.98. The van der Waals surface area contributed by atoms with E-state index in [2.05, 4.69) is 4.98 Å². The molecule has 0 radical (unpaired) electrons. The highest BCUT2D eigenvalue weighted by molar-refractivity contribution is 5.92. The second-order valence-electron chi connectivity index (χ2n) is 6.23. The fourth-order valence-corrected chi connectivity index (χ4v) is 3.01. The van der Waals surface area contributed by atoms with E-state index in [1.807, 2.05) is 18.2 Å². The maximum Gasteiger partial charge on any atom is 0.275 e. The third kappa shape index (κ3) is 4.28. The average molecular weight is 362 g/mol. The van der Waals surface area contributed by atoms with Crippen molar-refractivity contribution in [3.05, 3.63) is 53.9 Å². The Balaban J connectivity index is 1.60. The van der Waals surface area contributed by atoms with Crippen LogP contribution in [0.1, 0.15) is 23.3 Å². The van der Waals surface area contributed by atoms with Gasteiger partial charge in [-0.25, -0.2) is 13.8 Å². The number of halogens is 2. The number of carbonyl (C=O) groups is 1. The third-order valence-electron chi connectivity index (χ3n) is 4.34. The Morgan fingerprint density at radius 2 is 2.12 bits per heavy atom. The Hall–Kier alpha value is -2.70. The predicted molar refractivity (Wildman–Crippen MR) is 91.3 cm³/mol. The van der Waals surface area contributed by atoms with Gasteiger partial charge >= 0.3 is 0 Å². The molecule has 0 N–H and O–H groups in total. The quantitative estimate of drug-likeness (QED) is 0.819. The molecule has 5 nitrogen and oxygen atoms in total. The molecule has 7 heteroatoms. The van der Waals surface area contributed by atoms with Crippen LogP contribution in [0.15, 0.2) is 36.5 Å². The molecule has 1 fully saturated rings. The van der Waals surface area contributed by atoms with Crippen LogP contribution in [0.2, 0.25) is 0 Å². The van der Waals surface area contributed by atoms with Crippen LogP contribution in [0.4, 0.5) is 8.78 Å². The number of amides is 1. The van der Waals surface area contributed by atoms with Crippen LogP contribution in [-0.4, -0.2) is 42.6 Å². The molecule has 2 aromatic rings. The van der Waals surface area contributed by atoms with E-state index in [4.69, 9.17) is 9.47 Å². The average Bonchev–Trinajstić information content (AvgIpc) is 2.66. The van der Waals surface area contributed by atoms with Crippen LogP contribution in [0.25, 0.3) is 0 Å². The smallest absolute Gasteiger partial charge is 0.275 e. The summed E-state index contributed by atoms with van der Waals surface area (Å²) >= 11 is 0. The molecule has 0 saturated carbocycles. The van der Waals surface area contributed by atoms with Gasteiger partial charge in [-0.3, -0.25) is 4.79 Å². The van der Waals surface area contributed by atoms with E-state index in [0.717, 1.165) is 19.0 Å². The number of pyridine rings is 1. The van der Waals surface area contributed by atoms with Crippen molar-refractivity contribution in [2.75, 3.05) is 26.8 Å². The minimum absolute atomic E-state index is 0.127. The summed E-state index contributed by atoms with van der Waals surface area (Å²) in [6.45, 7) is 1.41. The first-order valence-corrected chi connectivity index (χ1v) is 8.44. The molecule has 0 aliphatic carbocycles. The molecule has 1 aliphatic rings. The number of carbonyl (C=O) groups excluding carboxylic acids is 1. The van der Waals surface area contributed by atoms with Crippen molar-refractivity contribution in [1.29, 1.82) is 0 Å². The zero-order chi connectivity index (χ0) is 18.5. The molecular formula is C19H20F2N2O3. The van der Waals surface area contributed by atoms with E-state index in [1.165, 1.54) is 0 Å². The number of hydrogen-bond acceptors (Lipinski definition) is 4. The topological polar surface area (TPSA) is 51.7 Å². The Kier molecular flexibility index (Phi) is 5.65. The molecule has 1 amide bonds. The number of hydrogen-bond donors (Lipinski definition) is 0. The molecule has 0 bridgehead atoms. The Morgan fingerprint density at radius 1 is 1.31 bits per heavy atom. The van der Waals surface area contributed by atoms with Crippen LogP contribution < -0.4 is 9.47 Å². The van der Waals surface area contributed by atoms with E-state index in [1.54, 1.807) is 18.1 Å². The lowest BCUT2D eigenvalue weighted by molar-refractivity contribution is 0.0622. The van der Waals surface area contributed by atoms with Gasteiger partial charge in [0.25, 0.3) is 5.91 Å². The van der Waals surface area contributed by atoms with Gasteiger partial charge < -0.3 is 14.4 Å². The molecule has 1 aliphatic heterocycles. The number of nitrogens with zero attached hydrogens (tertiary/aromatic N) is 2. The first-order chi connectivity index (χ1) is 12.6. The summed E-state index contributed by atoms with van der Waals surface area (Å²) in [7, 11) is 1.59. The Morgan fingerprint density at radius 3 is 2.88 bits per heavy atom. The van der Waals surface area contributed by atoms with Crippen molar-refractivity contribution in [2.45, 2.75) is 12.8 Å². The lowest BCUT2D eigenvalue weighted by Gasteiger charge is -2.32. The summed E-state index contributed by atoms with van der Waals surface area (Å²) in [4.78, 5) is 17.6. The summed E-state index contributed by atoms with van der Waals surface area (Å²) in [5.41, 5.74) is -0.347. The highest BCUT2D eigenvalue weighted by Crippen LogP contribution is 2.23. The molecule has 138 valence electrons. The van der Waals surface area contributed by atoms with Crippen LogP contribution in [0.5, 0.6) is 11.5 Å². The van der Waals surface area contributed by atoms with Gasteiger partial charge in [-0.05, 0) is 25.0 Å². The Bertz CT molecular complexity index is 785. The molecule has 26 heavy (non-hydrogen) atoms. The van der Waals surface area contributed by atoms with Crippen LogP contribution in [0.3, 0.4) is 0 Å². The van der Waals surface area contributed by atoms with Gasteiger partial charge in [0.15, 0.2) is 11.5 Å². The number of piperidine rings is 1. The predicted octanol–water partition coefficient (Wildman–Crippen LogP) is 3.30. The standard InChI is InChI=1S/C19H20F2N2O3/c1-25-15-5-2-6-16(9-15)26-12-13-4-3-7-23(11-13)19(24)18-17(21)8-14(20)10-22-18/h2,5-6,8-10,13H,3-4,7,11-12H2,1H3/t13-/m0/s1. The van der Waals surface area contributed by atoms with Gasteiger partial charge in [0.05, 0.1) is 19.9 Å². The van der Waals surface area contributed by atoms with E-state index < -0.39 is 17.5 Å². The number of benzene rings is 1. The minimum atomic E-state index is -0.940. The van der Waals surface area contributed by atoms with Crippen molar-refractivity contribution in [2.24, 2.45) is 5.92 Å². The first-order valence-electron chi connectivity index (χ1n) is 8.44. The van der Waals surface area contributed by atoms with Crippen molar-refractivity contribution in [3.63, 3.8) is 0 Å². The number of likely N-dealkylation sites (tertiary alicyclic amines) is 1. The summed E-state index contributed by atoms with van der Waals surface area (Å²) in [5.74, 6) is -0.733. The lowest BCUT2D eigenvalue weighted by Crippen LogP contribution is -2.42. The van der Waals surface area contributed by atoms with Gasteiger partial charge in [0.2, 0.25) is 0 Å². The summed E-state index contributed by atoms with van der Waals surface area (Å²) in [5, 5.41) is 0. The fraction of sp³-hybridized carbons (Fsp3) is 0.368. The van der Waals surface area contributed by atoms with Crippen LogP contribution in [0, 0.1) is 17.6 Å².